The molecule has 2 unspecified atom stereocenters. The zero-order valence-electron chi connectivity index (χ0n) is 11.5. The van der Waals surface area contributed by atoms with Crippen LogP contribution in [-0.4, -0.2) is 13.1 Å². The summed E-state index contributed by atoms with van der Waals surface area (Å²) in [4.78, 5) is 0. The van der Waals surface area contributed by atoms with Crippen LogP contribution in [0.4, 0.5) is 8.78 Å². The summed E-state index contributed by atoms with van der Waals surface area (Å²) >= 11 is 0. The van der Waals surface area contributed by atoms with E-state index in [9.17, 15) is 8.78 Å². The average Bonchev–Trinajstić information content (AvgIpc) is 2.27. The van der Waals surface area contributed by atoms with Crippen LogP contribution in [0.15, 0.2) is 18.2 Å². The third-order valence-corrected chi connectivity index (χ3v) is 3.28. The highest BCUT2D eigenvalue weighted by atomic mass is 19.1. The van der Waals surface area contributed by atoms with Crippen LogP contribution >= 0.6 is 0 Å². The van der Waals surface area contributed by atoms with E-state index in [1.807, 2.05) is 7.05 Å². The third-order valence-electron chi connectivity index (χ3n) is 3.28. The Morgan fingerprint density at radius 3 is 2.28 bits per heavy atom. The lowest BCUT2D eigenvalue weighted by Crippen LogP contribution is -2.29. The van der Waals surface area contributed by atoms with Crippen molar-refractivity contribution in [2.75, 3.05) is 7.05 Å². The molecule has 1 N–H and O–H groups in total. The van der Waals surface area contributed by atoms with Gasteiger partial charge in [-0.15, -0.1) is 0 Å². The van der Waals surface area contributed by atoms with Crippen LogP contribution in [0, 0.1) is 17.6 Å². The first-order chi connectivity index (χ1) is 8.55. The summed E-state index contributed by atoms with van der Waals surface area (Å²) in [7, 11) is 1.90. The van der Waals surface area contributed by atoms with Gasteiger partial charge in [0, 0.05) is 12.1 Å². The summed E-state index contributed by atoms with van der Waals surface area (Å²) < 4.78 is 26.2. The van der Waals surface area contributed by atoms with Gasteiger partial charge in [0.1, 0.15) is 11.6 Å². The van der Waals surface area contributed by atoms with E-state index in [0.717, 1.165) is 18.1 Å². The van der Waals surface area contributed by atoms with Crippen molar-refractivity contribution in [2.24, 2.45) is 5.92 Å². The van der Waals surface area contributed by atoms with Crippen molar-refractivity contribution in [3.8, 4) is 0 Å². The second-order valence-electron chi connectivity index (χ2n) is 5.10. The fraction of sp³-hybridized carbons (Fsp3) is 0.600. The highest BCUT2D eigenvalue weighted by molar-refractivity contribution is 5.19. The molecule has 2 atom stereocenters. The lowest BCUT2D eigenvalue weighted by atomic mass is 9.93. The SMILES string of the molecule is CCCC(C)CC(Cc1cc(F)cc(F)c1)NC. The molecular weight excluding hydrogens is 232 g/mol. The molecule has 0 heterocycles. The molecule has 0 spiro atoms. The van der Waals surface area contributed by atoms with Crippen LogP contribution in [0.25, 0.3) is 0 Å². The van der Waals surface area contributed by atoms with Crippen LogP contribution in [0.3, 0.4) is 0 Å². The van der Waals surface area contributed by atoms with Gasteiger partial charge >= 0.3 is 0 Å². The molecule has 1 aromatic rings. The molecule has 0 amide bonds. The zero-order valence-corrected chi connectivity index (χ0v) is 11.5. The van der Waals surface area contributed by atoms with Gasteiger partial charge in [0.2, 0.25) is 0 Å². The molecule has 3 heteroatoms. The molecule has 0 aromatic heterocycles. The Morgan fingerprint density at radius 1 is 1.17 bits per heavy atom. The second kappa shape index (κ2) is 7.47. The van der Waals surface area contributed by atoms with E-state index in [1.54, 1.807) is 0 Å². The topological polar surface area (TPSA) is 12.0 Å². The molecule has 0 aliphatic carbocycles. The van der Waals surface area contributed by atoms with E-state index in [2.05, 4.69) is 19.2 Å². The Labute approximate surface area is 109 Å². The van der Waals surface area contributed by atoms with Crippen LogP contribution in [0.5, 0.6) is 0 Å². The summed E-state index contributed by atoms with van der Waals surface area (Å²) in [5, 5.41) is 3.23. The van der Waals surface area contributed by atoms with Gasteiger partial charge in [0.05, 0.1) is 0 Å². The molecule has 1 nitrogen and oxygen atoms in total. The minimum atomic E-state index is -0.499. The standard InChI is InChI=1S/C15H23F2N/c1-4-5-11(2)6-15(18-3)9-12-7-13(16)10-14(17)8-12/h7-8,10-11,15,18H,4-6,9H2,1-3H3. The van der Waals surface area contributed by atoms with Crippen molar-refractivity contribution in [1.82, 2.24) is 5.32 Å². The van der Waals surface area contributed by atoms with Crippen LogP contribution in [0.2, 0.25) is 0 Å². The van der Waals surface area contributed by atoms with Crippen LogP contribution in [-0.2, 0) is 6.42 Å². The minimum Gasteiger partial charge on any atom is -0.317 e. The van der Waals surface area contributed by atoms with E-state index in [-0.39, 0.29) is 6.04 Å². The third kappa shape index (κ3) is 5.13. The van der Waals surface area contributed by atoms with Gasteiger partial charge in [-0.25, -0.2) is 8.78 Å². The van der Waals surface area contributed by atoms with Crippen molar-refractivity contribution in [2.45, 2.75) is 45.6 Å². The van der Waals surface area contributed by atoms with Crippen molar-refractivity contribution in [3.05, 3.63) is 35.4 Å². The van der Waals surface area contributed by atoms with E-state index in [1.165, 1.54) is 25.0 Å². The number of likely N-dealkylation sites (N-methyl/N-ethyl adjacent to an activating group) is 1. The summed E-state index contributed by atoms with van der Waals surface area (Å²) in [6.45, 7) is 4.40. The fourth-order valence-electron chi connectivity index (χ4n) is 2.41. The van der Waals surface area contributed by atoms with E-state index in [4.69, 9.17) is 0 Å². The van der Waals surface area contributed by atoms with Gasteiger partial charge in [-0.1, -0.05) is 26.7 Å². The number of halogens is 2. The lowest BCUT2D eigenvalue weighted by molar-refractivity contribution is 0.396. The summed E-state index contributed by atoms with van der Waals surface area (Å²) in [5.74, 6) is -0.367. The summed E-state index contributed by atoms with van der Waals surface area (Å²) in [6, 6.07) is 4.01. The number of benzene rings is 1. The highest BCUT2D eigenvalue weighted by Gasteiger charge is 2.12. The van der Waals surface area contributed by atoms with Crippen LogP contribution in [0.1, 0.15) is 38.7 Å². The molecular formula is C15H23F2N. The first-order valence-corrected chi connectivity index (χ1v) is 6.67. The summed E-state index contributed by atoms with van der Waals surface area (Å²) in [5.41, 5.74) is 0.718. The Morgan fingerprint density at radius 2 is 1.78 bits per heavy atom. The number of nitrogens with one attached hydrogen (secondary N) is 1. The van der Waals surface area contributed by atoms with Crippen molar-refractivity contribution >= 4 is 0 Å². The Kier molecular flexibility index (Phi) is 6.27. The van der Waals surface area contributed by atoms with E-state index in [0.29, 0.717) is 12.3 Å². The van der Waals surface area contributed by atoms with Gasteiger partial charge in [-0.3, -0.25) is 0 Å². The van der Waals surface area contributed by atoms with Gasteiger partial charge < -0.3 is 5.32 Å². The maximum atomic E-state index is 13.1. The largest absolute Gasteiger partial charge is 0.317 e. The molecule has 0 fully saturated rings. The molecule has 0 saturated heterocycles. The molecule has 102 valence electrons. The van der Waals surface area contributed by atoms with Gasteiger partial charge in [0.15, 0.2) is 0 Å². The van der Waals surface area contributed by atoms with Gasteiger partial charge in [-0.2, -0.15) is 0 Å². The highest BCUT2D eigenvalue weighted by Crippen LogP contribution is 2.17. The molecule has 0 bridgehead atoms. The molecule has 1 rings (SSSR count). The summed E-state index contributed by atoms with van der Waals surface area (Å²) in [6.07, 6.45) is 4.06. The molecule has 0 aliphatic heterocycles. The molecule has 0 radical (unpaired) electrons. The fourth-order valence-corrected chi connectivity index (χ4v) is 2.41. The first-order valence-electron chi connectivity index (χ1n) is 6.67. The maximum Gasteiger partial charge on any atom is 0.126 e. The predicted molar refractivity (Wildman–Crippen MR) is 71.6 cm³/mol. The van der Waals surface area contributed by atoms with Crippen molar-refractivity contribution in [3.63, 3.8) is 0 Å². The first kappa shape index (κ1) is 15.1. The number of rotatable bonds is 7. The number of hydrogen-bond donors (Lipinski definition) is 1. The predicted octanol–water partition coefficient (Wildman–Crippen LogP) is 3.92. The maximum absolute atomic E-state index is 13.1. The van der Waals surface area contributed by atoms with Gasteiger partial charge in [0.25, 0.3) is 0 Å². The van der Waals surface area contributed by atoms with E-state index >= 15 is 0 Å². The van der Waals surface area contributed by atoms with Gasteiger partial charge in [-0.05, 0) is 43.5 Å². The Hall–Kier alpha value is -0.960. The second-order valence-corrected chi connectivity index (χ2v) is 5.10. The average molecular weight is 255 g/mol. The quantitative estimate of drug-likeness (QED) is 0.778. The zero-order chi connectivity index (χ0) is 13.5. The molecule has 18 heavy (non-hydrogen) atoms. The molecule has 0 aliphatic rings. The normalized spacial score (nSPS) is 14.5. The minimum absolute atomic E-state index is 0.271. The number of hydrogen-bond acceptors (Lipinski definition) is 1. The van der Waals surface area contributed by atoms with E-state index < -0.39 is 11.6 Å². The Balaban J connectivity index is 2.61. The lowest BCUT2D eigenvalue weighted by Gasteiger charge is -2.20. The van der Waals surface area contributed by atoms with Crippen molar-refractivity contribution < 1.29 is 8.78 Å². The van der Waals surface area contributed by atoms with Crippen molar-refractivity contribution in [1.29, 1.82) is 0 Å². The van der Waals surface area contributed by atoms with Crippen LogP contribution < -0.4 is 5.32 Å². The monoisotopic (exact) mass is 255 g/mol. The Bertz CT molecular complexity index is 345. The smallest absolute Gasteiger partial charge is 0.126 e. The molecule has 0 saturated carbocycles. The molecule has 1 aromatic carbocycles.